The molecule has 2 N–H and O–H groups in total. The molecular formula is C22H19N5O2S. The van der Waals surface area contributed by atoms with Gasteiger partial charge in [0.2, 0.25) is 0 Å². The average Bonchev–Trinajstić information content (AvgIpc) is 3.14. The third kappa shape index (κ3) is 4.84. The zero-order valence-electron chi connectivity index (χ0n) is 16.0. The van der Waals surface area contributed by atoms with Crippen LogP contribution >= 0.6 is 11.8 Å². The minimum Gasteiger partial charge on any atom is -0.311 e. The highest BCUT2D eigenvalue weighted by Gasteiger charge is 2.15. The van der Waals surface area contributed by atoms with Crippen LogP contribution in [0.1, 0.15) is 17.1 Å². The lowest BCUT2D eigenvalue weighted by Crippen LogP contribution is -2.23. The molecule has 30 heavy (non-hydrogen) atoms. The third-order valence-electron chi connectivity index (χ3n) is 4.30. The number of aromatic nitrogens is 5. The lowest BCUT2D eigenvalue weighted by molar-refractivity contribution is 0.830. The molecule has 7 nitrogen and oxygen atoms in total. The van der Waals surface area contributed by atoms with Crippen LogP contribution in [-0.2, 0) is 6.42 Å². The van der Waals surface area contributed by atoms with Gasteiger partial charge >= 0.3 is 5.69 Å². The van der Waals surface area contributed by atoms with Crippen LogP contribution in [0, 0.1) is 0 Å². The maximum Gasteiger partial charge on any atom is 0.325 e. The van der Waals surface area contributed by atoms with Gasteiger partial charge in [-0.05, 0) is 17.7 Å². The number of H-pyrrole nitrogens is 2. The van der Waals surface area contributed by atoms with Crippen LogP contribution in [0.2, 0.25) is 0 Å². The molecule has 0 radical (unpaired) electrons. The van der Waals surface area contributed by atoms with Crippen LogP contribution in [0.5, 0.6) is 0 Å². The Hall–Kier alpha value is -3.65. The van der Waals surface area contributed by atoms with E-state index >= 15 is 0 Å². The highest BCUT2D eigenvalue weighted by molar-refractivity contribution is 7.99. The van der Waals surface area contributed by atoms with Gasteiger partial charge in [0.25, 0.3) is 5.56 Å². The first kappa shape index (κ1) is 19.7. The monoisotopic (exact) mass is 417 g/mol. The Balaban J connectivity index is 1.60. The number of nitrogens with one attached hydrogen (secondary N) is 2. The SMILES string of the molecule is O=c1cc(Cc2nnc(SCC=Cc3ccccc3)n2-c2ccccc2)[nH]c(=O)[nH]1. The Morgan fingerprint density at radius 3 is 2.40 bits per heavy atom. The van der Waals surface area contributed by atoms with E-state index in [9.17, 15) is 9.59 Å². The molecule has 0 aliphatic rings. The van der Waals surface area contributed by atoms with Gasteiger partial charge in [-0.25, -0.2) is 4.79 Å². The molecule has 0 spiro atoms. The Morgan fingerprint density at radius 1 is 0.933 bits per heavy atom. The summed E-state index contributed by atoms with van der Waals surface area (Å²) in [7, 11) is 0. The fourth-order valence-corrected chi connectivity index (χ4v) is 3.78. The molecule has 4 aromatic rings. The van der Waals surface area contributed by atoms with Gasteiger partial charge in [-0.15, -0.1) is 10.2 Å². The molecular weight excluding hydrogens is 398 g/mol. The molecule has 0 unspecified atom stereocenters. The zero-order valence-corrected chi connectivity index (χ0v) is 16.8. The number of benzene rings is 2. The molecule has 8 heteroatoms. The van der Waals surface area contributed by atoms with Crippen LogP contribution < -0.4 is 11.2 Å². The summed E-state index contributed by atoms with van der Waals surface area (Å²) in [6.07, 6.45) is 4.43. The zero-order chi connectivity index (χ0) is 20.8. The normalized spacial score (nSPS) is 11.2. The molecule has 0 aliphatic carbocycles. The average molecular weight is 417 g/mol. The Bertz CT molecular complexity index is 1230. The van der Waals surface area contributed by atoms with Crippen molar-refractivity contribution < 1.29 is 0 Å². The molecule has 0 aliphatic heterocycles. The lowest BCUT2D eigenvalue weighted by Gasteiger charge is -2.09. The maximum absolute atomic E-state index is 11.6. The van der Waals surface area contributed by atoms with Gasteiger partial charge in [0.1, 0.15) is 5.82 Å². The van der Waals surface area contributed by atoms with E-state index in [1.807, 2.05) is 65.2 Å². The van der Waals surface area contributed by atoms with E-state index in [1.54, 1.807) is 11.8 Å². The number of nitrogens with zero attached hydrogens (tertiary/aromatic N) is 3. The summed E-state index contributed by atoms with van der Waals surface area (Å²) in [5.41, 5.74) is 1.55. The molecule has 0 amide bonds. The summed E-state index contributed by atoms with van der Waals surface area (Å²) in [5, 5.41) is 9.40. The first-order chi connectivity index (χ1) is 14.7. The van der Waals surface area contributed by atoms with E-state index in [-0.39, 0.29) is 6.42 Å². The van der Waals surface area contributed by atoms with Gasteiger partial charge in [-0.1, -0.05) is 72.4 Å². The molecule has 150 valence electrons. The second kappa shape index (κ2) is 9.23. The number of hydrogen-bond acceptors (Lipinski definition) is 5. The highest BCUT2D eigenvalue weighted by Crippen LogP contribution is 2.23. The Kier molecular flexibility index (Phi) is 6.05. The molecule has 0 atom stereocenters. The molecule has 2 aromatic heterocycles. The van der Waals surface area contributed by atoms with Crippen molar-refractivity contribution in [1.82, 2.24) is 24.7 Å². The highest BCUT2D eigenvalue weighted by atomic mass is 32.2. The molecule has 4 rings (SSSR count). The minimum absolute atomic E-state index is 0.279. The van der Waals surface area contributed by atoms with Gasteiger partial charge in [-0.2, -0.15) is 0 Å². The van der Waals surface area contributed by atoms with Gasteiger partial charge in [0.15, 0.2) is 5.16 Å². The number of thioether (sulfide) groups is 1. The van der Waals surface area contributed by atoms with Crippen molar-refractivity contribution in [3.8, 4) is 5.69 Å². The number of rotatable bonds is 7. The van der Waals surface area contributed by atoms with E-state index in [1.165, 1.54) is 6.07 Å². The molecule has 0 saturated carbocycles. The molecule has 0 bridgehead atoms. The second-order valence-corrected chi connectivity index (χ2v) is 7.47. The summed E-state index contributed by atoms with van der Waals surface area (Å²) in [5.74, 6) is 1.36. The van der Waals surface area contributed by atoms with E-state index in [4.69, 9.17) is 0 Å². The van der Waals surface area contributed by atoms with Crippen LogP contribution in [-0.4, -0.2) is 30.5 Å². The van der Waals surface area contributed by atoms with E-state index in [2.05, 4.69) is 32.3 Å². The van der Waals surface area contributed by atoms with Crippen molar-refractivity contribution in [3.05, 3.63) is 111 Å². The fraction of sp³-hybridized carbons (Fsp3) is 0.0909. The van der Waals surface area contributed by atoms with Gasteiger partial charge in [-0.3, -0.25) is 14.3 Å². The van der Waals surface area contributed by atoms with Crippen LogP contribution in [0.3, 0.4) is 0 Å². The second-order valence-electron chi connectivity index (χ2n) is 6.48. The van der Waals surface area contributed by atoms with Crippen molar-refractivity contribution in [2.75, 3.05) is 5.75 Å². The summed E-state index contributed by atoms with van der Waals surface area (Å²) in [6.45, 7) is 0. The van der Waals surface area contributed by atoms with Gasteiger partial charge in [0.05, 0.1) is 0 Å². The summed E-state index contributed by atoms with van der Waals surface area (Å²) < 4.78 is 1.94. The molecule has 0 fully saturated rings. The van der Waals surface area contributed by atoms with Crippen molar-refractivity contribution in [2.24, 2.45) is 0 Å². The smallest absolute Gasteiger partial charge is 0.311 e. The summed E-state index contributed by atoms with van der Waals surface area (Å²) in [4.78, 5) is 28.0. The predicted molar refractivity (Wildman–Crippen MR) is 118 cm³/mol. The minimum atomic E-state index is -0.538. The van der Waals surface area contributed by atoms with Gasteiger partial charge < -0.3 is 4.98 Å². The number of hydrogen-bond donors (Lipinski definition) is 2. The van der Waals surface area contributed by atoms with Crippen molar-refractivity contribution >= 4 is 17.8 Å². The standard InChI is InChI=1S/C22H19N5O2S/c28-20-15-17(23-21(29)24-20)14-19-25-26-22(27(19)18-11-5-2-6-12-18)30-13-7-10-16-8-3-1-4-9-16/h1-12,15H,13-14H2,(H2,23,24,28,29). The largest absolute Gasteiger partial charge is 0.325 e. The van der Waals surface area contributed by atoms with Crippen LogP contribution in [0.25, 0.3) is 11.8 Å². The lowest BCUT2D eigenvalue weighted by atomic mass is 10.2. The number of aromatic amines is 2. The van der Waals surface area contributed by atoms with Crippen LogP contribution in [0.15, 0.2) is 87.6 Å². The van der Waals surface area contributed by atoms with Crippen molar-refractivity contribution in [2.45, 2.75) is 11.6 Å². The van der Waals surface area contributed by atoms with Crippen molar-refractivity contribution in [3.63, 3.8) is 0 Å². The molecule has 0 saturated heterocycles. The quantitative estimate of drug-likeness (QED) is 0.451. The Morgan fingerprint density at radius 2 is 1.67 bits per heavy atom. The maximum atomic E-state index is 11.6. The molecule has 2 aromatic carbocycles. The van der Waals surface area contributed by atoms with Crippen molar-refractivity contribution in [1.29, 1.82) is 0 Å². The van der Waals surface area contributed by atoms with E-state index < -0.39 is 11.2 Å². The fourth-order valence-electron chi connectivity index (χ4n) is 3.00. The third-order valence-corrected chi connectivity index (χ3v) is 5.18. The topological polar surface area (TPSA) is 96.4 Å². The first-order valence-electron chi connectivity index (χ1n) is 9.36. The summed E-state index contributed by atoms with van der Waals surface area (Å²) >= 11 is 1.56. The predicted octanol–water partition coefficient (Wildman–Crippen LogP) is 3.04. The Labute approximate surface area is 176 Å². The van der Waals surface area contributed by atoms with E-state index in [0.29, 0.717) is 11.5 Å². The first-order valence-corrected chi connectivity index (χ1v) is 10.3. The van der Waals surface area contributed by atoms with Gasteiger partial charge in [0, 0.05) is 29.6 Å². The number of para-hydroxylation sites is 1. The van der Waals surface area contributed by atoms with E-state index in [0.717, 1.165) is 22.2 Å². The van der Waals surface area contributed by atoms with Crippen LogP contribution in [0.4, 0.5) is 0 Å². The summed E-state index contributed by atoms with van der Waals surface area (Å²) in [6, 6.07) is 21.2. The molecule has 2 heterocycles.